The highest BCUT2D eigenvalue weighted by Crippen LogP contribution is 2.31. The molecule has 1 unspecified atom stereocenters. The number of carbonyl (C=O) groups excluding carboxylic acids is 3. The number of carboxylic acids is 1. The SMILES string of the molecule is CN1C(=O)CC(Sc2ccc(NC(=O)CCC(=O)O)cc2)C1=O. The second kappa shape index (κ2) is 7.28. The van der Waals surface area contributed by atoms with Gasteiger partial charge in [-0.1, -0.05) is 0 Å². The lowest BCUT2D eigenvalue weighted by Gasteiger charge is -2.09. The molecule has 0 spiro atoms. The van der Waals surface area contributed by atoms with Crippen molar-refractivity contribution < 1.29 is 24.3 Å². The summed E-state index contributed by atoms with van der Waals surface area (Å²) in [7, 11) is 1.47. The minimum Gasteiger partial charge on any atom is -0.481 e. The zero-order valence-electron chi connectivity index (χ0n) is 12.4. The van der Waals surface area contributed by atoms with Gasteiger partial charge in [0.25, 0.3) is 0 Å². The maximum Gasteiger partial charge on any atom is 0.303 e. The van der Waals surface area contributed by atoms with E-state index >= 15 is 0 Å². The lowest BCUT2D eigenvalue weighted by atomic mass is 10.2. The van der Waals surface area contributed by atoms with Crippen LogP contribution in [0.15, 0.2) is 29.2 Å². The first-order valence-electron chi connectivity index (χ1n) is 6.95. The summed E-state index contributed by atoms with van der Waals surface area (Å²) < 4.78 is 0. The van der Waals surface area contributed by atoms with Crippen molar-refractivity contribution in [2.75, 3.05) is 12.4 Å². The highest BCUT2D eigenvalue weighted by Gasteiger charge is 2.36. The number of nitrogens with one attached hydrogen (secondary N) is 1. The smallest absolute Gasteiger partial charge is 0.303 e. The maximum atomic E-state index is 11.8. The topological polar surface area (TPSA) is 104 Å². The minimum absolute atomic E-state index is 0.0865. The molecular weight excluding hydrogens is 320 g/mol. The van der Waals surface area contributed by atoms with Gasteiger partial charge in [-0.25, -0.2) is 0 Å². The van der Waals surface area contributed by atoms with E-state index in [1.165, 1.54) is 18.8 Å². The molecule has 3 amide bonds. The van der Waals surface area contributed by atoms with Gasteiger partial charge in [0.1, 0.15) is 0 Å². The molecule has 0 aromatic heterocycles. The van der Waals surface area contributed by atoms with Crippen molar-refractivity contribution in [3.8, 4) is 0 Å². The number of amides is 3. The summed E-state index contributed by atoms with van der Waals surface area (Å²) in [5.74, 6) is -1.78. The van der Waals surface area contributed by atoms with E-state index in [4.69, 9.17) is 5.11 Å². The van der Waals surface area contributed by atoms with Crippen LogP contribution in [-0.4, -0.2) is 46.0 Å². The number of carboxylic acid groups (broad SMARTS) is 1. The van der Waals surface area contributed by atoms with Crippen molar-refractivity contribution in [3.05, 3.63) is 24.3 Å². The van der Waals surface area contributed by atoms with E-state index < -0.39 is 11.2 Å². The molecule has 2 rings (SSSR count). The number of hydrogen-bond acceptors (Lipinski definition) is 5. The van der Waals surface area contributed by atoms with Crippen LogP contribution < -0.4 is 5.32 Å². The van der Waals surface area contributed by atoms with Gasteiger partial charge in [0.2, 0.25) is 17.7 Å². The molecule has 2 N–H and O–H groups in total. The van der Waals surface area contributed by atoms with Crippen molar-refractivity contribution in [3.63, 3.8) is 0 Å². The predicted octanol–water partition coefficient (Wildman–Crippen LogP) is 1.34. The van der Waals surface area contributed by atoms with Crippen LogP contribution in [0.4, 0.5) is 5.69 Å². The zero-order chi connectivity index (χ0) is 17.0. The Morgan fingerprint density at radius 2 is 1.91 bits per heavy atom. The van der Waals surface area contributed by atoms with Gasteiger partial charge < -0.3 is 10.4 Å². The number of nitrogens with zero attached hydrogens (tertiary/aromatic N) is 1. The van der Waals surface area contributed by atoms with Crippen LogP contribution in [0.25, 0.3) is 0 Å². The molecule has 1 fully saturated rings. The van der Waals surface area contributed by atoms with Crippen LogP contribution in [0.1, 0.15) is 19.3 Å². The first-order chi connectivity index (χ1) is 10.9. The Balaban J connectivity index is 1.90. The van der Waals surface area contributed by atoms with Crippen molar-refractivity contribution >= 4 is 41.1 Å². The maximum absolute atomic E-state index is 11.8. The number of hydrogen-bond donors (Lipinski definition) is 2. The van der Waals surface area contributed by atoms with E-state index in [1.54, 1.807) is 24.3 Å². The molecule has 1 atom stereocenters. The molecule has 0 saturated carbocycles. The Morgan fingerprint density at radius 3 is 2.43 bits per heavy atom. The van der Waals surface area contributed by atoms with Crippen LogP contribution in [0, 0.1) is 0 Å². The Labute approximate surface area is 137 Å². The van der Waals surface area contributed by atoms with Gasteiger partial charge >= 0.3 is 5.97 Å². The van der Waals surface area contributed by atoms with Gasteiger partial charge in [0.15, 0.2) is 0 Å². The number of benzene rings is 1. The molecule has 1 aromatic carbocycles. The van der Waals surface area contributed by atoms with E-state index in [0.717, 1.165) is 9.80 Å². The summed E-state index contributed by atoms with van der Waals surface area (Å²) in [6, 6.07) is 6.83. The van der Waals surface area contributed by atoms with E-state index in [1.807, 2.05) is 0 Å². The quantitative estimate of drug-likeness (QED) is 0.760. The predicted molar refractivity (Wildman–Crippen MR) is 84.0 cm³/mol. The monoisotopic (exact) mass is 336 g/mol. The van der Waals surface area contributed by atoms with Crippen LogP contribution in [0.2, 0.25) is 0 Å². The fraction of sp³-hybridized carbons (Fsp3) is 0.333. The third-order valence-electron chi connectivity index (χ3n) is 3.32. The average molecular weight is 336 g/mol. The van der Waals surface area contributed by atoms with E-state index in [2.05, 4.69) is 5.32 Å². The highest BCUT2D eigenvalue weighted by molar-refractivity contribution is 8.00. The summed E-state index contributed by atoms with van der Waals surface area (Å²) in [6.07, 6.45) is -0.115. The van der Waals surface area contributed by atoms with Crippen LogP contribution in [0.3, 0.4) is 0 Å². The molecule has 1 aliphatic heterocycles. The number of aliphatic carboxylic acids is 1. The largest absolute Gasteiger partial charge is 0.481 e. The Hall–Kier alpha value is -2.35. The van der Waals surface area contributed by atoms with Crippen LogP contribution in [0.5, 0.6) is 0 Å². The van der Waals surface area contributed by atoms with Gasteiger partial charge in [0, 0.05) is 30.5 Å². The van der Waals surface area contributed by atoms with E-state index in [9.17, 15) is 19.2 Å². The lowest BCUT2D eigenvalue weighted by molar-refractivity contribution is -0.138. The summed E-state index contributed by atoms with van der Waals surface area (Å²) in [4.78, 5) is 47.2. The average Bonchev–Trinajstić information content (AvgIpc) is 2.74. The number of likely N-dealkylation sites (tertiary alicyclic amines) is 1. The van der Waals surface area contributed by atoms with E-state index in [0.29, 0.717) is 5.69 Å². The molecule has 0 bridgehead atoms. The molecule has 8 heteroatoms. The zero-order valence-corrected chi connectivity index (χ0v) is 13.3. The number of rotatable bonds is 6. The minimum atomic E-state index is -1.02. The number of carbonyl (C=O) groups is 4. The lowest BCUT2D eigenvalue weighted by Crippen LogP contribution is -2.26. The summed E-state index contributed by atoms with van der Waals surface area (Å²) in [5, 5.41) is 10.7. The van der Waals surface area contributed by atoms with Gasteiger partial charge in [-0.3, -0.25) is 24.1 Å². The fourth-order valence-corrected chi connectivity index (χ4v) is 3.15. The number of thioether (sulfide) groups is 1. The molecule has 0 radical (unpaired) electrons. The summed E-state index contributed by atoms with van der Waals surface area (Å²) in [6.45, 7) is 0. The summed E-state index contributed by atoms with van der Waals surface area (Å²) >= 11 is 1.31. The molecule has 1 saturated heterocycles. The Bertz CT molecular complexity index is 644. The van der Waals surface area contributed by atoms with Crippen molar-refractivity contribution in [1.82, 2.24) is 4.90 Å². The van der Waals surface area contributed by atoms with Gasteiger partial charge in [-0.15, -0.1) is 11.8 Å². The van der Waals surface area contributed by atoms with Gasteiger partial charge in [-0.05, 0) is 24.3 Å². The molecule has 1 aliphatic rings. The Kier molecular flexibility index (Phi) is 5.38. The molecule has 23 heavy (non-hydrogen) atoms. The number of imide groups is 1. The molecule has 122 valence electrons. The van der Waals surface area contributed by atoms with Crippen LogP contribution in [-0.2, 0) is 19.2 Å². The second-order valence-electron chi connectivity index (χ2n) is 5.07. The molecule has 7 nitrogen and oxygen atoms in total. The summed E-state index contributed by atoms with van der Waals surface area (Å²) in [5.41, 5.74) is 0.552. The highest BCUT2D eigenvalue weighted by atomic mass is 32.2. The molecule has 0 aliphatic carbocycles. The third-order valence-corrected chi connectivity index (χ3v) is 4.52. The normalized spacial score (nSPS) is 17.4. The van der Waals surface area contributed by atoms with Crippen molar-refractivity contribution in [1.29, 1.82) is 0 Å². The van der Waals surface area contributed by atoms with Gasteiger partial charge in [0.05, 0.1) is 11.7 Å². The Morgan fingerprint density at radius 1 is 1.26 bits per heavy atom. The number of anilines is 1. The van der Waals surface area contributed by atoms with E-state index in [-0.39, 0.29) is 37.0 Å². The standard InChI is InChI=1S/C15H16N2O5S/c1-17-13(19)8-11(15(17)22)23-10-4-2-9(3-5-10)16-12(18)6-7-14(20)21/h2-5,11H,6-8H2,1H3,(H,16,18)(H,20,21). The van der Waals surface area contributed by atoms with Crippen molar-refractivity contribution in [2.24, 2.45) is 0 Å². The second-order valence-corrected chi connectivity index (χ2v) is 6.34. The molecule has 1 heterocycles. The van der Waals surface area contributed by atoms with Gasteiger partial charge in [-0.2, -0.15) is 0 Å². The third kappa shape index (κ3) is 4.56. The first kappa shape index (κ1) is 17.0. The molecule has 1 aromatic rings. The van der Waals surface area contributed by atoms with Crippen LogP contribution >= 0.6 is 11.8 Å². The van der Waals surface area contributed by atoms with Crippen molar-refractivity contribution in [2.45, 2.75) is 29.4 Å². The molecular formula is C15H16N2O5S. The fourth-order valence-electron chi connectivity index (χ4n) is 2.04. The first-order valence-corrected chi connectivity index (χ1v) is 7.83.